The second-order valence-electron chi connectivity index (χ2n) is 5.93. The lowest BCUT2D eigenvalue weighted by Crippen LogP contribution is -2.30. The molecule has 144 valence electrons. The fourth-order valence-electron chi connectivity index (χ4n) is 2.36. The third kappa shape index (κ3) is 5.55. The van der Waals surface area contributed by atoms with Crippen LogP contribution in [0.3, 0.4) is 0 Å². The first-order valence-electron chi connectivity index (χ1n) is 8.16. The van der Waals surface area contributed by atoms with Crippen LogP contribution in [0.5, 0.6) is 5.75 Å². The quantitative estimate of drug-likeness (QED) is 0.574. The van der Waals surface area contributed by atoms with Crippen molar-refractivity contribution >= 4 is 22.0 Å². The predicted molar refractivity (Wildman–Crippen MR) is 98.9 cm³/mol. The molecule has 0 aliphatic heterocycles. The third-order valence-electron chi connectivity index (χ3n) is 3.84. The number of carbonyl (C=O) groups excluding carboxylic acids is 2. The molecule has 0 aromatic heterocycles. The zero-order valence-corrected chi connectivity index (χ0v) is 16.1. The van der Waals surface area contributed by atoms with Gasteiger partial charge in [0.2, 0.25) is 5.91 Å². The van der Waals surface area contributed by atoms with E-state index in [9.17, 15) is 18.0 Å². The van der Waals surface area contributed by atoms with Crippen LogP contribution in [0.2, 0.25) is 0 Å². The number of methoxy groups -OCH3 is 1. The molecule has 1 N–H and O–H groups in total. The maximum absolute atomic E-state index is 12.3. The maximum atomic E-state index is 12.3. The van der Waals surface area contributed by atoms with Crippen LogP contribution in [0.25, 0.3) is 0 Å². The molecule has 1 unspecified atom stereocenters. The molecular formula is C19H21NO6S. The summed E-state index contributed by atoms with van der Waals surface area (Å²) in [5.41, 5.74) is 1.50. The van der Waals surface area contributed by atoms with E-state index in [1.807, 2.05) is 6.92 Å². The average Bonchev–Trinajstić information content (AvgIpc) is 2.62. The van der Waals surface area contributed by atoms with Crippen LogP contribution in [-0.4, -0.2) is 33.9 Å². The lowest BCUT2D eigenvalue weighted by Gasteiger charge is -2.16. The molecule has 0 spiro atoms. The Morgan fingerprint density at radius 2 is 1.63 bits per heavy atom. The molecule has 0 bridgehead atoms. The molecule has 2 aromatic rings. The lowest BCUT2D eigenvalue weighted by atomic mass is 9.99. The summed E-state index contributed by atoms with van der Waals surface area (Å²) in [6.45, 7) is 3.28. The summed E-state index contributed by atoms with van der Waals surface area (Å²) in [7, 11) is -2.70. The predicted octanol–water partition coefficient (Wildman–Crippen LogP) is 2.16. The van der Waals surface area contributed by atoms with Gasteiger partial charge in [-0.3, -0.25) is 9.59 Å². The molecule has 0 fully saturated rings. The highest BCUT2D eigenvalue weighted by molar-refractivity contribution is 7.87. The number of ether oxygens (including phenoxy) is 1. The van der Waals surface area contributed by atoms with Crippen LogP contribution < -0.4 is 9.50 Å². The highest BCUT2D eigenvalue weighted by Gasteiger charge is 2.22. The first-order valence-corrected chi connectivity index (χ1v) is 9.57. The molecule has 8 heteroatoms. The van der Waals surface area contributed by atoms with Crippen molar-refractivity contribution in [3.05, 3.63) is 59.7 Å². The number of amides is 1. The van der Waals surface area contributed by atoms with Crippen molar-refractivity contribution in [1.29, 1.82) is 0 Å². The van der Waals surface area contributed by atoms with Crippen LogP contribution in [-0.2, 0) is 24.4 Å². The van der Waals surface area contributed by atoms with Crippen molar-refractivity contribution in [1.82, 2.24) is 5.32 Å². The van der Waals surface area contributed by atoms with Crippen LogP contribution in [0.1, 0.15) is 24.0 Å². The molecule has 0 saturated heterocycles. The van der Waals surface area contributed by atoms with Crippen molar-refractivity contribution in [2.45, 2.75) is 24.7 Å². The summed E-state index contributed by atoms with van der Waals surface area (Å²) in [5.74, 6) is -1.37. The molecular weight excluding hydrogens is 370 g/mol. The minimum Gasteiger partial charge on any atom is -0.468 e. The van der Waals surface area contributed by atoms with Crippen LogP contribution >= 0.6 is 0 Å². The van der Waals surface area contributed by atoms with Crippen molar-refractivity contribution in [2.75, 3.05) is 13.7 Å². The van der Waals surface area contributed by atoms with Crippen LogP contribution in [0, 0.1) is 6.92 Å². The number of carbonyl (C=O) groups is 2. The van der Waals surface area contributed by atoms with Gasteiger partial charge in [-0.15, -0.1) is 0 Å². The van der Waals surface area contributed by atoms with Gasteiger partial charge in [0.05, 0.1) is 13.0 Å². The number of rotatable bonds is 7. The summed E-state index contributed by atoms with van der Waals surface area (Å²) in [5, 5.41) is 2.57. The molecule has 7 nitrogen and oxygen atoms in total. The summed E-state index contributed by atoms with van der Waals surface area (Å²) < 4.78 is 34.5. The second-order valence-corrected chi connectivity index (χ2v) is 7.48. The molecule has 0 aliphatic rings. The zero-order chi connectivity index (χ0) is 20.0. The SMILES string of the molecule is COC(=O)C(CNC(C)=O)c1ccc(OS(=O)(=O)c2ccc(C)cc2)cc1. The number of hydrogen-bond acceptors (Lipinski definition) is 6. The molecule has 2 aromatic carbocycles. The van der Waals surface area contributed by atoms with Gasteiger partial charge in [-0.25, -0.2) is 0 Å². The Morgan fingerprint density at radius 1 is 1.04 bits per heavy atom. The van der Waals surface area contributed by atoms with Crippen molar-refractivity contribution in [2.24, 2.45) is 0 Å². The fourth-order valence-corrected chi connectivity index (χ4v) is 3.29. The van der Waals surface area contributed by atoms with Crippen LogP contribution in [0.4, 0.5) is 0 Å². The van der Waals surface area contributed by atoms with E-state index in [-0.39, 0.29) is 23.1 Å². The van der Waals surface area contributed by atoms with E-state index >= 15 is 0 Å². The van der Waals surface area contributed by atoms with Crippen LogP contribution in [0.15, 0.2) is 53.4 Å². The van der Waals surface area contributed by atoms with Gasteiger partial charge in [0.25, 0.3) is 0 Å². The molecule has 0 aliphatic carbocycles. The van der Waals surface area contributed by atoms with E-state index in [1.54, 1.807) is 24.3 Å². The van der Waals surface area contributed by atoms with Gasteiger partial charge in [0.1, 0.15) is 10.6 Å². The Kier molecular flexibility index (Phi) is 6.57. The van der Waals surface area contributed by atoms with Gasteiger partial charge in [0, 0.05) is 13.5 Å². The fraction of sp³-hybridized carbons (Fsp3) is 0.263. The third-order valence-corrected chi connectivity index (χ3v) is 5.10. The normalized spacial score (nSPS) is 12.1. The Bertz CT molecular complexity index is 904. The van der Waals surface area contributed by atoms with E-state index in [2.05, 4.69) is 5.32 Å². The number of benzene rings is 2. The maximum Gasteiger partial charge on any atom is 0.339 e. The van der Waals surface area contributed by atoms with Crippen molar-refractivity contribution in [3.8, 4) is 5.75 Å². The number of hydrogen-bond donors (Lipinski definition) is 1. The highest BCUT2D eigenvalue weighted by Crippen LogP contribution is 2.23. The minimum atomic E-state index is -3.95. The second kappa shape index (κ2) is 8.68. The summed E-state index contributed by atoms with van der Waals surface area (Å²) in [6.07, 6.45) is 0. The van der Waals surface area contributed by atoms with Gasteiger partial charge in [-0.05, 0) is 36.8 Å². The van der Waals surface area contributed by atoms with E-state index in [0.717, 1.165) is 5.56 Å². The van der Waals surface area contributed by atoms with Gasteiger partial charge in [0.15, 0.2) is 0 Å². The zero-order valence-electron chi connectivity index (χ0n) is 15.3. The Morgan fingerprint density at radius 3 is 2.15 bits per heavy atom. The first-order chi connectivity index (χ1) is 12.7. The van der Waals surface area contributed by atoms with Crippen molar-refractivity contribution in [3.63, 3.8) is 0 Å². The standard InChI is InChI=1S/C19H21NO6S/c1-13-4-10-17(11-5-13)27(23,24)26-16-8-6-15(7-9-16)18(19(22)25-3)12-20-14(2)21/h4-11,18H,12H2,1-3H3,(H,20,21). The number of nitrogens with one attached hydrogen (secondary N) is 1. The average molecular weight is 391 g/mol. The van der Waals surface area contributed by atoms with Crippen molar-refractivity contribution < 1.29 is 26.9 Å². The Hall–Kier alpha value is -2.87. The minimum absolute atomic E-state index is 0.0512. The van der Waals surface area contributed by atoms with E-state index in [4.69, 9.17) is 8.92 Å². The van der Waals surface area contributed by atoms with E-state index in [0.29, 0.717) is 5.56 Å². The molecule has 27 heavy (non-hydrogen) atoms. The van der Waals surface area contributed by atoms with Gasteiger partial charge in [-0.2, -0.15) is 8.42 Å². The number of aryl methyl sites for hydroxylation is 1. The lowest BCUT2D eigenvalue weighted by molar-refractivity contribution is -0.142. The molecule has 2 rings (SSSR count). The summed E-state index contributed by atoms with van der Waals surface area (Å²) in [6, 6.07) is 12.3. The monoisotopic (exact) mass is 391 g/mol. The topological polar surface area (TPSA) is 98.8 Å². The largest absolute Gasteiger partial charge is 0.468 e. The van der Waals surface area contributed by atoms with E-state index < -0.39 is 22.0 Å². The number of esters is 1. The Labute approximate surface area is 158 Å². The molecule has 1 atom stereocenters. The van der Waals surface area contributed by atoms with Gasteiger partial charge < -0.3 is 14.2 Å². The summed E-state index contributed by atoms with van der Waals surface area (Å²) >= 11 is 0. The first kappa shape index (κ1) is 20.4. The molecule has 0 radical (unpaired) electrons. The molecule has 1 amide bonds. The van der Waals surface area contributed by atoms with Gasteiger partial charge in [-0.1, -0.05) is 29.8 Å². The molecule has 0 heterocycles. The molecule has 0 saturated carbocycles. The summed E-state index contributed by atoms with van der Waals surface area (Å²) in [4.78, 5) is 23.1. The highest BCUT2D eigenvalue weighted by atomic mass is 32.2. The van der Waals surface area contributed by atoms with E-state index in [1.165, 1.54) is 38.3 Å². The smallest absolute Gasteiger partial charge is 0.339 e. The Balaban J connectivity index is 2.18. The van der Waals surface area contributed by atoms with Gasteiger partial charge >= 0.3 is 16.1 Å².